The highest BCUT2D eigenvalue weighted by molar-refractivity contribution is 5.83. The van der Waals surface area contributed by atoms with E-state index in [0.717, 1.165) is 12.1 Å². The Morgan fingerprint density at radius 2 is 1.91 bits per heavy atom. The molecule has 0 spiro atoms. The summed E-state index contributed by atoms with van der Waals surface area (Å²) in [7, 11) is 0. The molecule has 0 aliphatic carbocycles. The summed E-state index contributed by atoms with van der Waals surface area (Å²) in [6.07, 6.45) is -8.66. The highest BCUT2D eigenvalue weighted by atomic mass is 19.4. The third-order valence-electron chi connectivity index (χ3n) is 5.10. The average Bonchev–Trinajstić information content (AvgIpc) is 3.33. The minimum atomic E-state index is -4.45. The van der Waals surface area contributed by atoms with Crippen LogP contribution in [0.5, 0.6) is 0 Å². The fraction of sp³-hybridized carbons (Fsp3) is 0.333. The molecule has 2 aromatic heterocycles. The first-order valence-electron chi connectivity index (χ1n) is 10.1. The third kappa shape index (κ3) is 4.38. The Bertz CT molecular complexity index is 1280. The Kier molecular flexibility index (Phi) is 6.13. The van der Waals surface area contributed by atoms with E-state index in [1.165, 1.54) is 23.0 Å². The number of aromatic nitrogens is 4. The lowest BCUT2D eigenvalue weighted by Gasteiger charge is -2.16. The van der Waals surface area contributed by atoms with Crippen molar-refractivity contribution < 1.29 is 32.9 Å². The van der Waals surface area contributed by atoms with Gasteiger partial charge in [-0.05, 0) is 37.1 Å². The van der Waals surface area contributed by atoms with Crippen LogP contribution in [0.15, 0.2) is 30.6 Å². The number of fused-ring (bicyclic) bond motifs is 1. The summed E-state index contributed by atoms with van der Waals surface area (Å²) in [5.74, 6) is 4.62. The number of carbonyl (C=O) groups is 1. The number of ether oxygens (including phenoxy) is 1. The van der Waals surface area contributed by atoms with Gasteiger partial charge in [-0.3, -0.25) is 9.36 Å². The number of rotatable bonds is 3. The van der Waals surface area contributed by atoms with Crippen LogP contribution in [0.3, 0.4) is 0 Å². The molecule has 13 heteroatoms. The van der Waals surface area contributed by atoms with Crippen molar-refractivity contribution in [1.82, 2.24) is 24.8 Å². The van der Waals surface area contributed by atoms with Crippen LogP contribution < -0.4 is 11.1 Å². The number of imidazole rings is 1. The van der Waals surface area contributed by atoms with E-state index in [-0.39, 0.29) is 22.8 Å². The maximum atomic E-state index is 12.7. The first-order valence-corrected chi connectivity index (χ1v) is 10.1. The number of nitrogens with two attached hydrogens (primary N) is 1. The van der Waals surface area contributed by atoms with Gasteiger partial charge in [0.15, 0.2) is 23.8 Å². The van der Waals surface area contributed by atoms with Crippen molar-refractivity contribution in [1.29, 1.82) is 0 Å². The number of carbonyl (C=O) groups excluding carboxylic acids is 1. The van der Waals surface area contributed by atoms with Crippen LogP contribution >= 0.6 is 0 Å². The number of hydrogen-bond donors (Lipinski definition) is 4. The molecule has 3 aromatic rings. The molecule has 1 fully saturated rings. The maximum Gasteiger partial charge on any atom is 0.416 e. The lowest BCUT2D eigenvalue weighted by atomic mass is 10.1. The zero-order chi connectivity index (χ0) is 24.6. The molecule has 10 nitrogen and oxygen atoms in total. The van der Waals surface area contributed by atoms with E-state index in [1.807, 2.05) is 0 Å². The summed E-state index contributed by atoms with van der Waals surface area (Å²) in [5.41, 5.74) is 5.74. The molecule has 3 heterocycles. The van der Waals surface area contributed by atoms with Crippen LogP contribution in [0.25, 0.3) is 11.2 Å². The minimum Gasteiger partial charge on any atom is -0.387 e. The van der Waals surface area contributed by atoms with Gasteiger partial charge in [0.1, 0.15) is 17.7 Å². The third-order valence-corrected chi connectivity index (χ3v) is 5.10. The summed E-state index contributed by atoms with van der Waals surface area (Å²) >= 11 is 0. The van der Waals surface area contributed by atoms with Crippen molar-refractivity contribution in [2.75, 3.05) is 12.3 Å². The van der Waals surface area contributed by atoms with Gasteiger partial charge in [-0.25, -0.2) is 15.0 Å². The number of halogens is 3. The monoisotopic (exact) mass is 476 g/mol. The first kappa shape index (κ1) is 23.4. The molecule has 0 bridgehead atoms. The summed E-state index contributed by atoms with van der Waals surface area (Å²) in [4.78, 5) is 24.5. The predicted molar refractivity (Wildman–Crippen MR) is 112 cm³/mol. The quantitative estimate of drug-likeness (QED) is 0.402. The van der Waals surface area contributed by atoms with E-state index in [0.29, 0.717) is 12.1 Å². The number of nitrogen functional groups attached to an aromatic ring is 1. The number of amides is 1. The molecule has 0 saturated carbocycles. The van der Waals surface area contributed by atoms with E-state index in [9.17, 15) is 28.2 Å². The molecule has 1 aliphatic rings. The average molecular weight is 476 g/mol. The van der Waals surface area contributed by atoms with Gasteiger partial charge < -0.3 is 26.0 Å². The molecule has 34 heavy (non-hydrogen) atoms. The summed E-state index contributed by atoms with van der Waals surface area (Å²) in [5, 5.41) is 23.2. The molecular formula is C21H19F3N6O4. The molecule has 178 valence electrons. The van der Waals surface area contributed by atoms with Gasteiger partial charge in [0.05, 0.1) is 11.9 Å². The van der Waals surface area contributed by atoms with Gasteiger partial charge >= 0.3 is 6.18 Å². The van der Waals surface area contributed by atoms with Crippen molar-refractivity contribution in [3.8, 4) is 11.8 Å². The number of aliphatic hydroxyl groups is 2. The van der Waals surface area contributed by atoms with E-state index in [2.05, 4.69) is 32.1 Å². The largest absolute Gasteiger partial charge is 0.416 e. The van der Waals surface area contributed by atoms with Crippen LogP contribution in [0.2, 0.25) is 0 Å². The molecule has 1 aromatic carbocycles. The first-order chi connectivity index (χ1) is 16.1. The summed E-state index contributed by atoms with van der Waals surface area (Å²) < 4.78 is 45.0. The topological polar surface area (TPSA) is 148 Å². The Hall–Kier alpha value is -3.73. The molecule has 1 amide bonds. The summed E-state index contributed by atoms with van der Waals surface area (Å²) in [6.45, 7) is 2.01. The molecule has 4 atom stereocenters. The lowest BCUT2D eigenvalue weighted by molar-refractivity contribution is -0.138. The number of nitrogens with one attached hydrogen (secondary N) is 1. The van der Waals surface area contributed by atoms with Crippen LogP contribution in [0, 0.1) is 11.8 Å². The van der Waals surface area contributed by atoms with Crippen molar-refractivity contribution in [3.63, 3.8) is 0 Å². The number of aliphatic hydroxyl groups excluding tert-OH is 2. The Morgan fingerprint density at radius 3 is 2.56 bits per heavy atom. The van der Waals surface area contributed by atoms with Gasteiger partial charge in [0, 0.05) is 12.1 Å². The van der Waals surface area contributed by atoms with Crippen molar-refractivity contribution in [2.24, 2.45) is 0 Å². The molecule has 1 aliphatic heterocycles. The molecule has 4 rings (SSSR count). The van der Waals surface area contributed by atoms with Crippen LogP contribution in [0.1, 0.15) is 30.1 Å². The lowest BCUT2D eigenvalue weighted by Crippen LogP contribution is -2.42. The fourth-order valence-corrected chi connectivity index (χ4v) is 3.43. The zero-order valence-electron chi connectivity index (χ0n) is 17.6. The zero-order valence-corrected chi connectivity index (χ0v) is 17.6. The molecule has 5 N–H and O–H groups in total. The highest BCUT2D eigenvalue weighted by Crippen LogP contribution is 2.32. The second-order valence-corrected chi connectivity index (χ2v) is 7.40. The second-order valence-electron chi connectivity index (χ2n) is 7.40. The van der Waals surface area contributed by atoms with Crippen LogP contribution in [0.4, 0.5) is 19.0 Å². The Balaban J connectivity index is 1.65. The number of likely N-dealkylation sites (N-methyl/N-ethyl adjacent to an activating group) is 1. The fourth-order valence-electron chi connectivity index (χ4n) is 3.43. The van der Waals surface area contributed by atoms with Crippen molar-refractivity contribution in [3.05, 3.63) is 47.5 Å². The van der Waals surface area contributed by atoms with Crippen LogP contribution in [-0.2, 0) is 15.7 Å². The van der Waals surface area contributed by atoms with Gasteiger partial charge in [-0.2, -0.15) is 13.2 Å². The maximum absolute atomic E-state index is 12.7. The van der Waals surface area contributed by atoms with Gasteiger partial charge in [-0.1, -0.05) is 5.92 Å². The predicted octanol–water partition coefficient (Wildman–Crippen LogP) is 0.582. The highest BCUT2D eigenvalue weighted by Gasteiger charge is 2.47. The SMILES string of the molecule is CCNC(=O)[C@H]1O[C@@H](n2cnc3c(N)nc(C#Cc4ccc(C(F)(F)F)cc4)nc32)[C@H](O)[C@@H]1O. The van der Waals surface area contributed by atoms with E-state index in [4.69, 9.17) is 10.5 Å². The van der Waals surface area contributed by atoms with E-state index in [1.54, 1.807) is 6.92 Å². The van der Waals surface area contributed by atoms with Crippen LogP contribution in [-0.4, -0.2) is 60.5 Å². The molecule has 0 radical (unpaired) electrons. The Morgan fingerprint density at radius 1 is 1.21 bits per heavy atom. The molecular weight excluding hydrogens is 457 g/mol. The number of nitrogens with zero attached hydrogens (tertiary/aromatic N) is 4. The number of benzene rings is 1. The number of anilines is 1. The van der Waals surface area contributed by atoms with Crippen molar-refractivity contribution >= 4 is 22.9 Å². The van der Waals surface area contributed by atoms with Gasteiger partial charge in [0.25, 0.3) is 5.91 Å². The number of hydrogen-bond acceptors (Lipinski definition) is 8. The second kappa shape index (κ2) is 8.90. The summed E-state index contributed by atoms with van der Waals surface area (Å²) in [6, 6.07) is 4.25. The Labute approximate surface area is 190 Å². The smallest absolute Gasteiger partial charge is 0.387 e. The standard InChI is InChI=1S/C21H19F3N6O4/c1-2-26-19(33)16-14(31)15(32)20(34-16)30-9-27-13-17(25)28-12(29-18(13)30)8-5-10-3-6-11(7-4-10)21(22,23)24/h3-4,6-7,9,14-16,20,31-32H,2H2,1H3,(H,26,33)(H2,25,28,29)/t14-,15+,16-,20+/m0/s1. The van der Waals surface area contributed by atoms with Gasteiger partial charge in [-0.15, -0.1) is 0 Å². The minimum absolute atomic E-state index is 0.0335. The normalized spacial score (nSPS) is 22.4. The molecule has 1 saturated heterocycles. The van der Waals surface area contributed by atoms with E-state index < -0.39 is 42.2 Å². The molecule has 0 unspecified atom stereocenters. The van der Waals surface area contributed by atoms with E-state index >= 15 is 0 Å². The van der Waals surface area contributed by atoms with Crippen molar-refractivity contribution in [2.45, 2.75) is 37.6 Å². The number of alkyl halides is 3. The van der Waals surface area contributed by atoms with Gasteiger partial charge in [0.2, 0.25) is 5.82 Å².